The molecule has 1 aromatic rings. The first kappa shape index (κ1) is 15.0. The number of hydrogen-bond acceptors (Lipinski definition) is 4. The van der Waals surface area contributed by atoms with E-state index in [1.807, 2.05) is 0 Å². The normalized spacial score (nSPS) is 30.8. The summed E-state index contributed by atoms with van der Waals surface area (Å²) in [6.45, 7) is 0.0122. The first-order valence-electron chi connectivity index (χ1n) is 7.91. The molecule has 2 fully saturated rings. The van der Waals surface area contributed by atoms with Gasteiger partial charge >= 0.3 is 0 Å². The summed E-state index contributed by atoms with van der Waals surface area (Å²) in [5, 5.41) is 6.98. The zero-order chi connectivity index (χ0) is 15.7. The van der Waals surface area contributed by atoms with Crippen molar-refractivity contribution in [3.63, 3.8) is 0 Å². The molecule has 1 heterocycles. The fourth-order valence-electron chi connectivity index (χ4n) is 3.91. The predicted octanol–water partition coefficient (Wildman–Crippen LogP) is 0.460. The van der Waals surface area contributed by atoms with Crippen molar-refractivity contribution >= 4 is 17.6 Å². The first-order valence-corrected chi connectivity index (χ1v) is 7.91. The number of hydrogen-bond donors (Lipinski definition) is 3. The minimum atomic E-state index is -0.463. The fraction of sp³-hybridized carbons (Fsp3) is 0.667. The van der Waals surface area contributed by atoms with Crippen LogP contribution >= 0.6 is 0 Å². The summed E-state index contributed by atoms with van der Waals surface area (Å²) in [6.07, 6.45) is 6.86. The Labute approximate surface area is 129 Å². The van der Waals surface area contributed by atoms with Gasteiger partial charge in [-0.3, -0.25) is 14.3 Å². The van der Waals surface area contributed by atoms with E-state index in [0.29, 0.717) is 17.7 Å². The molecule has 0 saturated heterocycles. The van der Waals surface area contributed by atoms with Gasteiger partial charge in [0.2, 0.25) is 11.8 Å². The van der Waals surface area contributed by atoms with E-state index in [9.17, 15) is 9.59 Å². The largest absolute Gasteiger partial charge is 0.368 e. The summed E-state index contributed by atoms with van der Waals surface area (Å²) in [7, 11) is 0. The highest BCUT2D eigenvalue weighted by Crippen LogP contribution is 2.42. The highest BCUT2D eigenvalue weighted by atomic mass is 16.2. The molecule has 0 radical (unpaired) electrons. The Balaban J connectivity index is 1.60. The highest BCUT2D eigenvalue weighted by molar-refractivity contribution is 5.91. The van der Waals surface area contributed by atoms with Crippen LogP contribution in [0.25, 0.3) is 0 Å². The minimum Gasteiger partial charge on any atom is -0.368 e. The molecule has 2 amide bonds. The van der Waals surface area contributed by atoms with Crippen molar-refractivity contribution < 1.29 is 9.59 Å². The van der Waals surface area contributed by atoms with Gasteiger partial charge in [0.05, 0.1) is 0 Å². The Morgan fingerprint density at radius 2 is 2.00 bits per heavy atom. The van der Waals surface area contributed by atoms with Gasteiger partial charge in [-0.25, -0.2) is 0 Å². The third-order valence-corrected chi connectivity index (χ3v) is 4.99. The van der Waals surface area contributed by atoms with Crippen LogP contribution < -0.4 is 16.8 Å². The Morgan fingerprint density at radius 3 is 2.64 bits per heavy atom. The monoisotopic (exact) mass is 305 g/mol. The average Bonchev–Trinajstić information content (AvgIpc) is 2.84. The fourth-order valence-corrected chi connectivity index (χ4v) is 3.91. The average molecular weight is 305 g/mol. The summed E-state index contributed by atoms with van der Waals surface area (Å²) in [5.41, 5.74) is 11.4. The Kier molecular flexibility index (Phi) is 4.15. The zero-order valence-corrected chi connectivity index (χ0v) is 12.6. The number of nitrogens with zero attached hydrogens (tertiary/aromatic N) is 2. The van der Waals surface area contributed by atoms with E-state index in [0.717, 1.165) is 25.7 Å². The molecule has 2 aliphatic rings. The quantitative estimate of drug-likeness (QED) is 0.749. The summed E-state index contributed by atoms with van der Waals surface area (Å²) in [6, 6.07) is 1.93. The number of anilines is 1. The van der Waals surface area contributed by atoms with Crippen molar-refractivity contribution in [2.75, 3.05) is 5.32 Å². The molecule has 0 spiro atoms. The van der Waals surface area contributed by atoms with Gasteiger partial charge in [0, 0.05) is 24.2 Å². The second-order valence-corrected chi connectivity index (χ2v) is 6.55. The molecule has 7 heteroatoms. The molecule has 120 valence electrons. The van der Waals surface area contributed by atoms with Crippen molar-refractivity contribution in [1.82, 2.24) is 9.78 Å². The van der Waals surface area contributed by atoms with Crippen LogP contribution in [-0.2, 0) is 16.1 Å². The summed E-state index contributed by atoms with van der Waals surface area (Å²) < 4.78 is 1.42. The van der Waals surface area contributed by atoms with E-state index in [1.54, 1.807) is 12.3 Å². The molecule has 3 rings (SSSR count). The van der Waals surface area contributed by atoms with Gasteiger partial charge in [0.25, 0.3) is 0 Å². The molecule has 2 unspecified atom stereocenters. The van der Waals surface area contributed by atoms with Crippen LogP contribution in [0.5, 0.6) is 0 Å². The van der Waals surface area contributed by atoms with Gasteiger partial charge in [0.15, 0.2) is 5.82 Å². The van der Waals surface area contributed by atoms with Crippen molar-refractivity contribution in [2.45, 2.75) is 44.7 Å². The summed E-state index contributed by atoms with van der Waals surface area (Å²) in [4.78, 5) is 23.3. The van der Waals surface area contributed by atoms with Crippen LogP contribution in [0.2, 0.25) is 0 Å². The van der Waals surface area contributed by atoms with E-state index in [-0.39, 0.29) is 24.4 Å². The lowest BCUT2D eigenvalue weighted by atomic mass is 9.65. The maximum Gasteiger partial charge on any atom is 0.239 e. The van der Waals surface area contributed by atoms with Crippen molar-refractivity contribution in [3.05, 3.63) is 12.3 Å². The molecule has 0 aromatic carbocycles. The molecule has 2 bridgehead atoms. The van der Waals surface area contributed by atoms with E-state index in [1.165, 1.54) is 11.1 Å². The van der Waals surface area contributed by atoms with Crippen LogP contribution in [-0.4, -0.2) is 27.6 Å². The van der Waals surface area contributed by atoms with E-state index in [2.05, 4.69) is 10.4 Å². The Hall–Kier alpha value is -1.89. The second kappa shape index (κ2) is 6.08. The maximum atomic E-state index is 12.4. The number of primary amides is 1. The maximum absolute atomic E-state index is 12.4. The first-order chi connectivity index (χ1) is 10.5. The number of nitrogens with two attached hydrogens (primary N) is 2. The summed E-state index contributed by atoms with van der Waals surface area (Å²) >= 11 is 0. The number of carbonyl (C=O) groups is 2. The second-order valence-electron chi connectivity index (χ2n) is 6.55. The smallest absolute Gasteiger partial charge is 0.239 e. The van der Waals surface area contributed by atoms with Crippen LogP contribution in [0, 0.1) is 17.8 Å². The number of carbonyl (C=O) groups excluding carboxylic acids is 2. The van der Waals surface area contributed by atoms with Crippen LogP contribution in [0.4, 0.5) is 5.82 Å². The molecule has 7 nitrogen and oxygen atoms in total. The van der Waals surface area contributed by atoms with Crippen LogP contribution in [0.1, 0.15) is 32.1 Å². The van der Waals surface area contributed by atoms with Crippen molar-refractivity contribution in [1.29, 1.82) is 0 Å². The van der Waals surface area contributed by atoms with Gasteiger partial charge in [-0.2, -0.15) is 5.10 Å². The number of nitrogens with one attached hydrogen (secondary N) is 1. The predicted molar refractivity (Wildman–Crippen MR) is 81.6 cm³/mol. The standard InChI is InChI=1S/C15H23N5O2/c16-12(21)8-20-5-4-13(19-20)18-15(22)11-6-9-2-1-3-10(7-11)14(9)17/h4-5,9-11,14H,1-3,6-8,17H2,(H2,16,21)(H,18,19,22). The van der Waals surface area contributed by atoms with Gasteiger partial charge in [-0.15, -0.1) is 0 Å². The third kappa shape index (κ3) is 3.14. The van der Waals surface area contributed by atoms with E-state index >= 15 is 0 Å². The number of aromatic nitrogens is 2. The molecular weight excluding hydrogens is 282 g/mol. The third-order valence-electron chi connectivity index (χ3n) is 4.99. The molecule has 2 aliphatic carbocycles. The Morgan fingerprint density at radius 1 is 1.32 bits per heavy atom. The molecule has 22 heavy (non-hydrogen) atoms. The highest BCUT2D eigenvalue weighted by Gasteiger charge is 2.40. The summed E-state index contributed by atoms with van der Waals surface area (Å²) in [5.74, 6) is 0.956. The van der Waals surface area contributed by atoms with Crippen molar-refractivity contribution in [2.24, 2.45) is 29.2 Å². The van der Waals surface area contributed by atoms with Crippen molar-refractivity contribution in [3.8, 4) is 0 Å². The van der Waals surface area contributed by atoms with Gasteiger partial charge in [-0.1, -0.05) is 6.42 Å². The lowest BCUT2D eigenvalue weighted by molar-refractivity contribution is -0.122. The molecular formula is C15H23N5O2. The number of rotatable bonds is 4. The molecule has 2 saturated carbocycles. The van der Waals surface area contributed by atoms with Crippen LogP contribution in [0.3, 0.4) is 0 Å². The molecule has 5 N–H and O–H groups in total. The van der Waals surface area contributed by atoms with Gasteiger partial charge in [-0.05, 0) is 37.5 Å². The lowest BCUT2D eigenvalue weighted by Gasteiger charge is -2.43. The van der Waals surface area contributed by atoms with Gasteiger partial charge in [0.1, 0.15) is 6.54 Å². The van der Waals surface area contributed by atoms with Gasteiger partial charge < -0.3 is 16.8 Å². The lowest BCUT2D eigenvalue weighted by Crippen LogP contribution is -2.48. The number of fused-ring (bicyclic) bond motifs is 2. The topological polar surface area (TPSA) is 116 Å². The molecule has 2 atom stereocenters. The zero-order valence-electron chi connectivity index (χ0n) is 12.6. The minimum absolute atomic E-state index is 0.00752. The van der Waals surface area contributed by atoms with E-state index < -0.39 is 5.91 Å². The van der Waals surface area contributed by atoms with E-state index in [4.69, 9.17) is 11.5 Å². The molecule has 0 aliphatic heterocycles. The number of amides is 2. The molecule has 1 aromatic heterocycles. The Bertz CT molecular complexity index is 556. The SMILES string of the molecule is NC(=O)Cn1ccc(NC(=O)C2CC3CCCC(C2)C3N)n1. The van der Waals surface area contributed by atoms with Crippen LogP contribution in [0.15, 0.2) is 12.3 Å².